The summed E-state index contributed by atoms with van der Waals surface area (Å²) in [5, 5.41) is 13.7. The second kappa shape index (κ2) is 19.5. The number of halogens is 2. The van der Waals surface area contributed by atoms with Gasteiger partial charge in [0.1, 0.15) is 24.6 Å². The fourth-order valence-corrected chi connectivity index (χ4v) is 7.84. The average Bonchev–Trinajstić information content (AvgIpc) is 4.17. The third-order valence-electron chi connectivity index (χ3n) is 11.3. The van der Waals surface area contributed by atoms with Crippen LogP contribution in [-0.4, -0.2) is 86.6 Å². The van der Waals surface area contributed by atoms with Crippen LogP contribution < -0.4 is 20.3 Å². The van der Waals surface area contributed by atoms with E-state index in [4.69, 9.17) is 14.2 Å². The van der Waals surface area contributed by atoms with E-state index in [0.29, 0.717) is 36.8 Å². The number of hydrogen-bond acceptors (Lipinski definition) is 10. The number of nitrogens with one attached hydrogen (secondary N) is 2. The number of carbonyl (C=O) groups is 2. The van der Waals surface area contributed by atoms with Crippen LogP contribution in [0.25, 0.3) is 33.5 Å². The van der Waals surface area contributed by atoms with Crippen molar-refractivity contribution in [2.75, 3.05) is 48.9 Å². The Hall–Kier alpha value is -7.56. The third-order valence-corrected chi connectivity index (χ3v) is 11.3. The lowest BCUT2D eigenvalue weighted by Gasteiger charge is -2.19. The van der Waals surface area contributed by atoms with Crippen LogP contribution in [0.1, 0.15) is 24.0 Å². The van der Waals surface area contributed by atoms with Gasteiger partial charge in [0.15, 0.2) is 22.9 Å². The summed E-state index contributed by atoms with van der Waals surface area (Å²) >= 11 is 0. The van der Waals surface area contributed by atoms with Crippen molar-refractivity contribution in [2.45, 2.75) is 37.9 Å². The lowest BCUT2D eigenvalue weighted by molar-refractivity contribution is -0.116. The zero-order valence-corrected chi connectivity index (χ0v) is 35.4. The normalized spacial score (nSPS) is 15.8. The van der Waals surface area contributed by atoms with Gasteiger partial charge >= 0.3 is 0 Å². The van der Waals surface area contributed by atoms with Crippen LogP contribution in [0, 0.1) is 11.6 Å². The minimum absolute atomic E-state index is 0.126. The topological polar surface area (TPSA) is 150 Å². The van der Waals surface area contributed by atoms with E-state index in [2.05, 4.69) is 30.8 Å². The Bertz CT molecular complexity index is 2940. The molecule has 0 saturated carbocycles. The van der Waals surface area contributed by atoms with Crippen LogP contribution in [0.5, 0.6) is 5.75 Å². The van der Waals surface area contributed by atoms with Gasteiger partial charge in [-0.05, 0) is 94.4 Å². The molecule has 16 heteroatoms. The SMILES string of the molecule is COC1CCN(c2ccc(NC(=O)Cc3ccc(-c4ccn5ncnc5c4)cc3)cc2F)C1.O=C(Cc1ccc(-c2ccn3ncnc3c2)cc1)Nc1ccc(OC2CCOC2)c(F)c1. The summed E-state index contributed by atoms with van der Waals surface area (Å²) in [5.41, 5.74) is 8.74. The second-order valence-electron chi connectivity index (χ2n) is 15.8. The number of carbonyl (C=O) groups excluding carboxylic acids is 2. The molecule has 2 aliphatic rings. The number of aromatic nitrogens is 6. The van der Waals surface area contributed by atoms with Gasteiger partial charge in [-0.2, -0.15) is 10.2 Å². The summed E-state index contributed by atoms with van der Waals surface area (Å²) in [6.45, 7) is 2.51. The Morgan fingerprint density at radius 3 is 1.75 bits per heavy atom. The first kappa shape index (κ1) is 42.7. The number of amides is 2. The molecule has 4 aromatic heterocycles. The van der Waals surface area contributed by atoms with Gasteiger partial charge < -0.3 is 29.7 Å². The minimum Gasteiger partial charge on any atom is -0.485 e. The number of fused-ring (bicyclic) bond motifs is 2. The monoisotopic (exact) mass is 877 g/mol. The maximum atomic E-state index is 14.6. The van der Waals surface area contributed by atoms with Crippen LogP contribution in [0.15, 0.2) is 134 Å². The van der Waals surface area contributed by atoms with E-state index in [9.17, 15) is 18.4 Å². The zero-order valence-electron chi connectivity index (χ0n) is 35.4. The van der Waals surface area contributed by atoms with Crippen molar-refractivity contribution in [1.29, 1.82) is 0 Å². The van der Waals surface area contributed by atoms with E-state index in [1.807, 2.05) is 90.1 Å². The van der Waals surface area contributed by atoms with Gasteiger partial charge in [0, 0.05) is 56.5 Å². The molecule has 2 aliphatic heterocycles. The predicted octanol–water partition coefficient (Wildman–Crippen LogP) is 7.83. The number of hydrogen-bond donors (Lipinski definition) is 2. The average molecular weight is 878 g/mol. The fraction of sp³-hybridized carbons (Fsp3) is 0.224. The van der Waals surface area contributed by atoms with Crippen molar-refractivity contribution >= 4 is 40.2 Å². The number of benzene rings is 4. The molecule has 14 nitrogen and oxygen atoms in total. The lowest BCUT2D eigenvalue weighted by Crippen LogP contribution is -2.23. The number of ether oxygens (including phenoxy) is 3. The van der Waals surface area contributed by atoms with Gasteiger partial charge in [0.25, 0.3) is 0 Å². The van der Waals surface area contributed by atoms with E-state index in [-0.39, 0.29) is 48.4 Å². The quantitative estimate of drug-likeness (QED) is 0.124. The lowest BCUT2D eigenvalue weighted by atomic mass is 10.0. The molecule has 2 atom stereocenters. The standard InChI is InChI=1S/C25H24FN5O2.C24H21FN4O3/c1-33-21-9-10-30(15-21)23-7-6-20(14-22(23)26)29-25(32)12-17-2-4-18(5-3-17)19-8-11-31-24(13-19)27-16-28-31;25-21-13-19(5-6-22(21)32-20-8-10-31-14-20)28-24(30)11-16-1-3-17(4-2-16)18-7-9-29-23(12-18)26-15-27-29/h2-8,11,13-14,16,21H,9-10,12,15H2,1H3,(H,29,32);1-7,9,12-13,15,20H,8,10-11,14H2,(H,28,30). The number of rotatable bonds is 12. The van der Waals surface area contributed by atoms with Crippen LogP contribution in [-0.2, 0) is 31.9 Å². The Morgan fingerprint density at radius 2 is 1.25 bits per heavy atom. The highest BCUT2D eigenvalue weighted by Gasteiger charge is 2.24. The van der Waals surface area contributed by atoms with E-state index in [1.54, 1.807) is 34.3 Å². The third kappa shape index (κ3) is 10.5. The maximum absolute atomic E-state index is 14.6. The Balaban J connectivity index is 0.000000164. The van der Waals surface area contributed by atoms with E-state index in [0.717, 1.165) is 64.1 Å². The number of nitrogens with zero attached hydrogens (tertiary/aromatic N) is 7. The summed E-state index contributed by atoms with van der Waals surface area (Å²) in [6.07, 6.45) is 8.75. The summed E-state index contributed by atoms with van der Waals surface area (Å²) in [6, 6.07) is 32.6. The number of anilines is 3. The number of pyridine rings is 2. The van der Waals surface area contributed by atoms with Crippen LogP contribution in [0.3, 0.4) is 0 Å². The van der Waals surface area contributed by atoms with Crippen LogP contribution >= 0.6 is 0 Å². The molecule has 2 saturated heterocycles. The van der Waals surface area contributed by atoms with E-state index < -0.39 is 5.82 Å². The van der Waals surface area contributed by atoms with Crippen molar-refractivity contribution in [3.63, 3.8) is 0 Å². The van der Waals surface area contributed by atoms with Gasteiger partial charge in [-0.15, -0.1) is 0 Å². The molecule has 4 aromatic carbocycles. The maximum Gasteiger partial charge on any atom is 0.228 e. The highest BCUT2D eigenvalue weighted by molar-refractivity contribution is 5.93. The largest absolute Gasteiger partial charge is 0.485 e. The van der Waals surface area contributed by atoms with Crippen molar-refractivity contribution < 1.29 is 32.6 Å². The molecule has 0 bridgehead atoms. The molecule has 2 fully saturated rings. The van der Waals surface area contributed by atoms with Crippen molar-refractivity contribution in [3.05, 3.63) is 157 Å². The fourth-order valence-electron chi connectivity index (χ4n) is 7.84. The van der Waals surface area contributed by atoms with E-state index >= 15 is 0 Å². The molecule has 8 aromatic rings. The molecule has 65 heavy (non-hydrogen) atoms. The van der Waals surface area contributed by atoms with Crippen LogP contribution in [0.4, 0.5) is 25.8 Å². The highest BCUT2D eigenvalue weighted by Crippen LogP contribution is 2.28. The Labute approximate surface area is 372 Å². The molecule has 10 rings (SSSR count). The molecule has 330 valence electrons. The first-order chi connectivity index (χ1) is 31.7. The molecule has 2 amide bonds. The summed E-state index contributed by atoms with van der Waals surface area (Å²) in [5.74, 6) is -1.11. The predicted molar refractivity (Wildman–Crippen MR) is 242 cm³/mol. The summed E-state index contributed by atoms with van der Waals surface area (Å²) in [4.78, 5) is 35.3. The molecular weight excluding hydrogens is 833 g/mol. The first-order valence-electron chi connectivity index (χ1n) is 21.2. The van der Waals surface area contributed by atoms with Gasteiger partial charge in [-0.1, -0.05) is 48.5 Å². The van der Waals surface area contributed by atoms with E-state index in [1.165, 1.54) is 30.9 Å². The molecule has 0 radical (unpaired) electrons. The van der Waals surface area contributed by atoms with Gasteiger partial charge in [-0.3, -0.25) is 9.59 Å². The molecule has 6 heterocycles. The summed E-state index contributed by atoms with van der Waals surface area (Å²) < 4.78 is 48.6. The van der Waals surface area contributed by atoms with Gasteiger partial charge in [-0.25, -0.2) is 27.8 Å². The highest BCUT2D eigenvalue weighted by atomic mass is 19.1. The van der Waals surface area contributed by atoms with Crippen LogP contribution in [0.2, 0.25) is 0 Å². The second-order valence-corrected chi connectivity index (χ2v) is 15.8. The van der Waals surface area contributed by atoms with Crippen molar-refractivity contribution in [2.24, 2.45) is 0 Å². The number of methoxy groups -OCH3 is 1. The summed E-state index contributed by atoms with van der Waals surface area (Å²) in [7, 11) is 1.68. The molecule has 0 aliphatic carbocycles. The van der Waals surface area contributed by atoms with Gasteiger partial charge in [0.2, 0.25) is 11.8 Å². The van der Waals surface area contributed by atoms with Crippen molar-refractivity contribution in [3.8, 4) is 28.0 Å². The Kier molecular flexibility index (Phi) is 12.8. The van der Waals surface area contributed by atoms with Gasteiger partial charge in [0.05, 0.1) is 37.8 Å². The Morgan fingerprint density at radius 1 is 0.677 bits per heavy atom. The van der Waals surface area contributed by atoms with Crippen molar-refractivity contribution in [1.82, 2.24) is 29.2 Å². The molecule has 2 unspecified atom stereocenters. The molecule has 2 N–H and O–H groups in total. The zero-order chi connectivity index (χ0) is 44.7. The minimum atomic E-state index is -0.510. The molecular formula is C49H45F2N9O5. The smallest absolute Gasteiger partial charge is 0.228 e. The first-order valence-corrected chi connectivity index (χ1v) is 21.2. The molecule has 0 spiro atoms.